The first-order valence-corrected chi connectivity index (χ1v) is 7.84. The van der Waals surface area contributed by atoms with Gasteiger partial charge in [0.2, 0.25) is 0 Å². The molecule has 0 saturated carbocycles. The minimum Gasteiger partial charge on any atom is -0.356 e. The molecular formula is C16H26N4O. The molecule has 2 rings (SSSR count). The van der Waals surface area contributed by atoms with E-state index in [-0.39, 0.29) is 5.91 Å². The maximum atomic E-state index is 12.2. The number of carbonyl (C=O) groups excluding carboxylic acids is 1. The van der Waals surface area contributed by atoms with Crippen molar-refractivity contribution in [3.05, 3.63) is 17.6 Å². The van der Waals surface area contributed by atoms with E-state index in [4.69, 9.17) is 0 Å². The van der Waals surface area contributed by atoms with Crippen LogP contribution < -0.4 is 10.2 Å². The summed E-state index contributed by atoms with van der Waals surface area (Å²) in [7, 11) is 0. The van der Waals surface area contributed by atoms with Gasteiger partial charge in [-0.15, -0.1) is 0 Å². The molecule has 0 atom stereocenters. The van der Waals surface area contributed by atoms with Crippen molar-refractivity contribution in [2.45, 2.75) is 40.5 Å². The van der Waals surface area contributed by atoms with Gasteiger partial charge < -0.3 is 10.2 Å². The van der Waals surface area contributed by atoms with E-state index in [1.807, 2.05) is 13.0 Å². The predicted molar refractivity (Wildman–Crippen MR) is 84.6 cm³/mol. The second-order valence-electron chi connectivity index (χ2n) is 6.43. The molecule has 21 heavy (non-hydrogen) atoms. The van der Waals surface area contributed by atoms with Crippen LogP contribution in [-0.2, 0) is 0 Å². The van der Waals surface area contributed by atoms with Crippen LogP contribution in [0.25, 0.3) is 0 Å². The maximum absolute atomic E-state index is 12.2. The minimum absolute atomic E-state index is 0.110. The molecule has 5 nitrogen and oxygen atoms in total. The van der Waals surface area contributed by atoms with Gasteiger partial charge in [-0.25, -0.2) is 9.97 Å². The number of hydrogen-bond donors (Lipinski definition) is 1. The summed E-state index contributed by atoms with van der Waals surface area (Å²) in [5, 5.41) is 2.92. The van der Waals surface area contributed by atoms with Crippen LogP contribution in [0.1, 0.15) is 49.9 Å². The van der Waals surface area contributed by atoms with Crippen LogP contribution in [0.2, 0.25) is 0 Å². The van der Waals surface area contributed by atoms with Crippen LogP contribution in [-0.4, -0.2) is 35.5 Å². The van der Waals surface area contributed by atoms with E-state index in [0.29, 0.717) is 24.0 Å². The van der Waals surface area contributed by atoms with Gasteiger partial charge in [-0.1, -0.05) is 20.8 Å². The predicted octanol–water partition coefficient (Wildman–Crippen LogP) is 2.41. The first-order valence-electron chi connectivity index (χ1n) is 7.84. The molecule has 0 spiro atoms. The maximum Gasteiger partial charge on any atom is 0.270 e. The lowest BCUT2D eigenvalue weighted by molar-refractivity contribution is 0.0943. The standard InChI is InChI=1S/C16H26N4O/c1-11(2)10-17-16(21)14-9-15(19-13(4)18-14)20-7-5-12(3)6-8-20/h9,11-12H,5-8,10H2,1-4H3,(H,17,21). The lowest BCUT2D eigenvalue weighted by Gasteiger charge is -2.31. The highest BCUT2D eigenvalue weighted by molar-refractivity contribution is 5.92. The molecule has 1 fully saturated rings. The van der Waals surface area contributed by atoms with Crippen molar-refractivity contribution in [2.24, 2.45) is 11.8 Å². The number of aryl methyl sites for hydroxylation is 1. The molecule has 1 aliphatic rings. The lowest BCUT2D eigenvalue weighted by Crippen LogP contribution is -2.34. The van der Waals surface area contributed by atoms with Crippen molar-refractivity contribution in [3.63, 3.8) is 0 Å². The Labute approximate surface area is 127 Å². The van der Waals surface area contributed by atoms with Crippen molar-refractivity contribution in [1.29, 1.82) is 0 Å². The third-order valence-electron chi connectivity index (χ3n) is 3.84. The molecule has 2 heterocycles. The summed E-state index contributed by atoms with van der Waals surface area (Å²) < 4.78 is 0. The number of anilines is 1. The molecule has 5 heteroatoms. The van der Waals surface area contributed by atoms with Gasteiger partial charge >= 0.3 is 0 Å². The zero-order valence-electron chi connectivity index (χ0n) is 13.5. The van der Waals surface area contributed by atoms with Gasteiger partial charge in [0.25, 0.3) is 5.91 Å². The second-order valence-corrected chi connectivity index (χ2v) is 6.43. The molecule has 116 valence electrons. The van der Waals surface area contributed by atoms with Crippen LogP contribution in [0.5, 0.6) is 0 Å². The van der Waals surface area contributed by atoms with Gasteiger partial charge in [-0.3, -0.25) is 4.79 Å². The number of rotatable bonds is 4. The summed E-state index contributed by atoms with van der Waals surface area (Å²) in [6, 6.07) is 1.82. The monoisotopic (exact) mass is 290 g/mol. The fraction of sp³-hybridized carbons (Fsp3) is 0.688. The van der Waals surface area contributed by atoms with Crippen molar-refractivity contribution in [2.75, 3.05) is 24.5 Å². The molecule has 1 N–H and O–H groups in total. The summed E-state index contributed by atoms with van der Waals surface area (Å²) in [4.78, 5) is 23.2. The van der Waals surface area contributed by atoms with Gasteiger partial charge in [0.05, 0.1) is 0 Å². The van der Waals surface area contributed by atoms with Gasteiger partial charge in [0.1, 0.15) is 17.3 Å². The Morgan fingerprint density at radius 1 is 1.38 bits per heavy atom. The van der Waals surface area contributed by atoms with E-state index in [1.165, 1.54) is 12.8 Å². The first kappa shape index (κ1) is 15.7. The Bertz CT molecular complexity index is 493. The molecule has 1 saturated heterocycles. The van der Waals surface area contributed by atoms with Gasteiger partial charge in [-0.2, -0.15) is 0 Å². The third-order valence-corrected chi connectivity index (χ3v) is 3.84. The fourth-order valence-electron chi connectivity index (χ4n) is 2.46. The summed E-state index contributed by atoms with van der Waals surface area (Å²) in [6.07, 6.45) is 2.36. The van der Waals surface area contributed by atoms with Gasteiger partial charge in [0.15, 0.2) is 0 Å². The fourth-order valence-corrected chi connectivity index (χ4v) is 2.46. The zero-order valence-corrected chi connectivity index (χ0v) is 13.5. The Morgan fingerprint density at radius 2 is 2.05 bits per heavy atom. The highest BCUT2D eigenvalue weighted by Gasteiger charge is 2.19. The summed E-state index contributed by atoms with van der Waals surface area (Å²) in [5.41, 5.74) is 0.469. The van der Waals surface area contributed by atoms with Gasteiger partial charge in [0, 0.05) is 25.7 Å². The third kappa shape index (κ3) is 4.41. The number of aromatic nitrogens is 2. The van der Waals surface area contributed by atoms with E-state index in [9.17, 15) is 4.79 Å². The summed E-state index contributed by atoms with van der Waals surface area (Å²) in [5.74, 6) is 2.63. The molecule has 1 aromatic rings. The first-order chi connectivity index (χ1) is 9.95. The number of nitrogens with zero attached hydrogens (tertiary/aromatic N) is 3. The summed E-state index contributed by atoms with van der Waals surface area (Å²) >= 11 is 0. The molecular weight excluding hydrogens is 264 g/mol. The minimum atomic E-state index is -0.110. The SMILES string of the molecule is Cc1nc(C(=O)NCC(C)C)cc(N2CCC(C)CC2)n1. The summed E-state index contributed by atoms with van der Waals surface area (Å²) in [6.45, 7) is 11.0. The van der Waals surface area contributed by atoms with Crippen molar-refractivity contribution < 1.29 is 4.79 Å². The van der Waals surface area contributed by atoms with Crippen LogP contribution in [0, 0.1) is 18.8 Å². The van der Waals surface area contributed by atoms with E-state index < -0.39 is 0 Å². The topological polar surface area (TPSA) is 58.1 Å². The van der Waals surface area contributed by atoms with E-state index >= 15 is 0 Å². The highest BCUT2D eigenvalue weighted by atomic mass is 16.1. The molecule has 0 aromatic carbocycles. The van der Waals surface area contributed by atoms with E-state index in [0.717, 1.165) is 24.8 Å². The Kier molecular flexibility index (Phi) is 5.15. The van der Waals surface area contributed by atoms with Crippen LogP contribution in [0.4, 0.5) is 5.82 Å². The number of carbonyl (C=O) groups is 1. The van der Waals surface area contributed by atoms with Crippen LogP contribution in [0.3, 0.4) is 0 Å². The van der Waals surface area contributed by atoms with Crippen molar-refractivity contribution in [3.8, 4) is 0 Å². The molecule has 0 radical (unpaired) electrons. The van der Waals surface area contributed by atoms with Gasteiger partial charge in [-0.05, 0) is 31.6 Å². The van der Waals surface area contributed by atoms with Crippen molar-refractivity contribution >= 4 is 11.7 Å². The Morgan fingerprint density at radius 3 is 2.67 bits per heavy atom. The quantitative estimate of drug-likeness (QED) is 0.925. The molecule has 1 aliphatic heterocycles. The number of piperidine rings is 1. The molecule has 1 amide bonds. The van der Waals surface area contributed by atoms with E-state index in [2.05, 4.69) is 41.0 Å². The molecule has 0 aliphatic carbocycles. The average Bonchev–Trinajstić information content (AvgIpc) is 2.44. The second kappa shape index (κ2) is 6.87. The highest BCUT2D eigenvalue weighted by Crippen LogP contribution is 2.21. The van der Waals surface area contributed by atoms with Crippen molar-refractivity contribution in [1.82, 2.24) is 15.3 Å². The normalized spacial score (nSPS) is 16.3. The largest absolute Gasteiger partial charge is 0.356 e. The average molecular weight is 290 g/mol. The lowest BCUT2D eigenvalue weighted by atomic mass is 9.99. The number of hydrogen-bond acceptors (Lipinski definition) is 4. The van der Waals surface area contributed by atoms with E-state index in [1.54, 1.807) is 0 Å². The Hall–Kier alpha value is -1.65. The van der Waals surface area contributed by atoms with Crippen LogP contribution in [0.15, 0.2) is 6.07 Å². The number of nitrogens with one attached hydrogen (secondary N) is 1. The molecule has 0 unspecified atom stereocenters. The molecule has 1 aromatic heterocycles. The zero-order chi connectivity index (χ0) is 15.4. The van der Waals surface area contributed by atoms with Crippen LogP contribution >= 0.6 is 0 Å². The molecule has 0 bridgehead atoms. The number of amides is 1. The smallest absolute Gasteiger partial charge is 0.270 e. The Balaban J connectivity index is 2.11.